The molecule has 0 aliphatic heterocycles. The molecule has 0 saturated carbocycles. The van der Waals surface area contributed by atoms with E-state index < -0.39 is 0 Å². The Kier molecular flexibility index (Phi) is 11.5. The zero-order valence-electron chi connectivity index (χ0n) is 30.8. The molecule has 0 fully saturated rings. The Hall–Kier alpha value is -4.44. The predicted molar refractivity (Wildman–Crippen MR) is 213 cm³/mol. The number of para-hydroxylation sites is 4. The summed E-state index contributed by atoms with van der Waals surface area (Å²) in [5.41, 5.74) is 15.3. The van der Waals surface area contributed by atoms with Crippen molar-refractivity contribution in [1.29, 1.82) is 0 Å². The third-order valence-corrected chi connectivity index (χ3v) is 11.2. The van der Waals surface area contributed by atoms with Gasteiger partial charge in [-0.1, -0.05) is 136 Å². The Balaban J connectivity index is 0.905. The normalized spacial score (nSPS) is 13.1. The molecule has 0 unspecified atom stereocenters. The molecule has 4 aromatic carbocycles. The van der Waals surface area contributed by atoms with Crippen molar-refractivity contribution in [3.8, 4) is 11.1 Å². The Bertz CT molecular complexity index is 1920. The fraction of sp³-hybridized carbons (Fsp3) is 0.404. The summed E-state index contributed by atoms with van der Waals surface area (Å²) < 4.78 is 0. The Morgan fingerprint density at radius 1 is 0.431 bits per heavy atom. The molecule has 0 radical (unpaired) electrons. The van der Waals surface area contributed by atoms with Crippen molar-refractivity contribution in [1.82, 2.24) is 19.9 Å². The van der Waals surface area contributed by atoms with Gasteiger partial charge in [-0.25, -0.2) is 9.97 Å². The minimum atomic E-state index is 0.131. The molecule has 6 aromatic rings. The zero-order valence-corrected chi connectivity index (χ0v) is 30.8. The maximum atomic E-state index is 4.83. The number of nitrogens with zero attached hydrogens (tertiary/aromatic N) is 4. The maximum absolute atomic E-state index is 4.83. The quantitative estimate of drug-likeness (QED) is 0.0852. The molecule has 4 heteroatoms. The number of benzene rings is 4. The van der Waals surface area contributed by atoms with Gasteiger partial charge in [0.15, 0.2) is 0 Å². The van der Waals surface area contributed by atoms with Crippen molar-refractivity contribution in [3.63, 3.8) is 0 Å². The molecule has 0 bridgehead atoms. The van der Waals surface area contributed by atoms with Gasteiger partial charge in [0.1, 0.15) is 0 Å². The van der Waals surface area contributed by atoms with E-state index in [2.05, 4.69) is 72.3 Å². The van der Waals surface area contributed by atoms with E-state index in [-0.39, 0.29) is 5.41 Å². The van der Waals surface area contributed by atoms with Gasteiger partial charge in [-0.3, -0.25) is 9.97 Å². The highest BCUT2D eigenvalue weighted by atomic mass is 14.8. The predicted octanol–water partition coefficient (Wildman–Crippen LogP) is 12.4. The van der Waals surface area contributed by atoms with E-state index in [4.69, 9.17) is 9.97 Å². The van der Waals surface area contributed by atoms with Gasteiger partial charge in [-0.2, -0.15) is 0 Å². The van der Waals surface area contributed by atoms with Crippen LogP contribution in [-0.4, -0.2) is 19.9 Å². The van der Waals surface area contributed by atoms with E-state index in [0.717, 1.165) is 46.3 Å². The van der Waals surface area contributed by atoms with E-state index in [9.17, 15) is 0 Å². The fourth-order valence-corrected chi connectivity index (χ4v) is 8.50. The number of aromatic nitrogens is 4. The van der Waals surface area contributed by atoms with Crippen LogP contribution in [0.3, 0.4) is 0 Å². The van der Waals surface area contributed by atoms with Gasteiger partial charge < -0.3 is 0 Å². The molecular formula is C47H54N4. The first-order chi connectivity index (χ1) is 25.1. The summed E-state index contributed by atoms with van der Waals surface area (Å²) in [5.74, 6) is 0. The average molecular weight is 675 g/mol. The van der Waals surface area contributed by atoms with Crippen molar-refractivity contribution in [2.24, 2.45) is 0 Å². The number of unbranched alkanes of at least 4 members (excludes halogenated alkanes) is 10. The molecule has 2 heterocycles. The number of fused-ring (bicyclic) bond motifs is 5. The summed E-state index contributed by atoms with van der Waals surface area (Å²) >= 11 is 0. The highest BCUT2D eigenvalue weighted by Crippen LogP contribution is 2.54. The highest BCUT2D eigenvalue weighted by molar-refractivity contribution is 5.82. The summed E-state index contributed by atoms with van der Waals surface area (Å²) in [4.78, 5) is 18.9. The van der Waals surface area contributed by atoms with Gasteiger partial charge in [-0.05, 0) is 98.9 Å². The molecule has 0 saturated heterocycles. The van der Waals surface area contributed by atoms with Crippen LogP contribution in [-0.2, 0) is 18.3 Å². The molecule has 0 atom stereocenters. The van der Waals surface area contributed by atoms with Crippen molar-refractivity contribution < 1.29 is 0 Å². The Morgan fingerprint density at radius 2 is 0.824 bits per heavy atom. The molecule has 262 valence electrons. The molecule has 2 aromatic heterocycles. The van der Waals surface area contributed by atoms with Gasteiger partial charge in [0.05, 0.1) is 33.5 Å². The molecule has 1 aliphatic carbocycles. The van der Waals surface area contributed by atoms with Crippen LogP contribution >= 0.6 is 0 Å². The molecule has 0 amide bonds. The van der Waals surface area contributed by atoms with Crippen LogP contribution in [0.25, 0.3) is 33.2 Å². The lowest BCUT2D eigenvalue weighted by molar-refractivity contribution is 0.397. The van der Waals surface area contributed by atoms with Crippen molar-refractivity contribution >= 4 is 22.1 Å². The smallest absolute Gasteiger partial charge is 0.0890 e. The second kappa shape index (κ2) is 16.7. The van der Waals surface area contributed by atoms with E-state index in [0.29, 0.717) is 0 Å². The lowest BCUT2D eigenvalue weighted by Gasteiger charge is -2.33. The van der Waals surface area contributed by atoms with Crippen LogP contribution in [0.15, 0.2) is 97.3 Å². The molecule has 0 N–H and O–H groups in total. The van der Waals surface area contributed by atoms with Crippen LogP contribution in [0.1, 0.15) is 124 Å². The van der Waals surface area contributed by atoms with Gasteiger partial charge in [0, 0.05) is 17.8 Å². The standard InChI is InChI=1S/C47H54N4/c1-35-25-27-39-40-28-26-36(2)32-42(40)47(41(39)31-35,29-17-9-5-3-7-11-19-37-33-48-43-21-13-15-23-45(43)50-37)30-18-10-6-4-8-12-20-38-34-49-44-22-14-16-24-46(44)51-38/h13-16,21-28,31-34H,3-12,17-20,29-30H2,1-2H3. The lowest BCUT2D eigenvalue weighted by atomic mass is 9.70. The van der Waals surface area contributed by atoms with Crippen LogP contribution in [0, 0.1) is 13.8 Å². The van der Waals surface area contributed by atoms with Crippen molar-refractivity contribution in [3.05, 3.63) is 131 Å². The minimum absolute atomic E-state index is 0.131. The number of hydrogen-bond acceptors (Lipinski definition) is 4. The molecule has 0 spiro atoms. The largest absolute Gasteiger partial charge is 0.253 e. The minimum Gasteiger partial charge on any atom is -0.253 e. The summed E-state index contributed by atoms with van der Waals surface area (Å²) in [6, 6.07) is 30.8. The first kappa shape index (κ1) is 35.0. The lowest BCUT2D eigenvalue weighted by Crippen LogP contribution is -2.25. The monoisotopic (exact) mass is 674 g/mol. The van der Waals surface area contributed by atoms with Gasteiger partial charge in [-0.15, -0.1) is 0 Å². The molecular weight excluding hydrogens is 621 g/mol. The maximum Gasteiger partial charge on any atom is 0.0890 e. The first-order valence-electron chi connectivity index (χ1n) is 19.7. The number of aryl methyl sites for hydroxylation is 4. The topological polar surface area (TPSA) is 51.6 Å². The Morgan fingerprint density at radius 3 is 1.27 bits per heavy atom. The summed E-state index contributed by atoms with van der Waals surface area (Å²) in [6.45, 7) is 4.54. The SMILES string of the molecule is Cc1ccc2c(c1)C(CCCCCCCCc1cnc3ccccc3n1)(CCCCCCCCc1cnc3ccccc3n1)c1cc(C)ccc1-2. The van der Waals surface area contributed by atoms with Crippen LogP contribution in [0.2, 0.25) is 0 Å². The van der Waals surface area contributed by atoms with Crippen LogP contribution in [0.5, 0.6) is 0 Å². The second-order valence-electron chi connectivity index (χ2n) is 15.1. The number of hydrogen-bond donors (Lipinski definition) is 0. The van der Waals surface area contributed by atoms with E-state index >= 15 is 0 Å². The second-order valence-corrected chi connectivity index (χ2v) is 15.1. The molecule has 7 rings (SSSR count). The van der Waals surface area contributed by atoms with Gasteiger partial charge >= 0.3 is 0 Å². The molecule has 1 aliphatic rings. The average Bonchev–Trinajstić information content (AvgIpc) is 3.41. The first-order valence-corrected chi connectivity index (χ1v) is 19.7. The third kappa shape index (κ3) is 8.38. The van der Waals surface area contributed by atoms with Gasteiger partial charge in [0.25, 0.3) is 0 Å². The van der Waals surface area contributed by atoms with Crippen molar-refractivity contribution in [2.45, 2.75) is 122 Å². The number of rotatable bonds is 18. The fourth-order valence-electron chi connectivity index (χ4n) is 8.50. The third-order valence-electron chi connectivity index (χ3n) is 11.2. The zero-order chi connectivity index (χ0) is 34.9. The molecule has 4 nitrogen and oxygen atoms in total. The van der Waals surface area contributed by atoms with Crippen LogP contribution < -0.4 is 0 Å². The Labute approximate surface area is 305 Å². The van der Waals surface area contributed by atoms with E-state index in [1.54, 1.807) is 11.1 Å². The highest BCUT2D eigenvalue weighted by Gasteiger charge is 2.42. The summed E-state index contributed by atoms with van der Waals surface area (Å²) in [5, 5.41) is 0. The van der Waals surface area contributed by atoms with E-state index in [1.165, 1.54) is 112 Å². The van der Waals surface area contributed by atoms with Gasteiger partial charge in [0.2, 0.25) is 0 Å². The molecule has 51 heavy (non-hydrogen) atoms. The van der Waals surface area contributed by atoms with E-state index in [1.807, 2.05) is 48.8 Å². The van der Waals surface area contributed by atoms with Crippen LogP contribution in [0.4, 0.5) is 0 Å². The van der Waals surface area contributed by atoms with Crippen molar-refractivity contribution in [2.75, 3.05) is 0 Å². The summed E-state index contributed by atoms with van der Waals surface area (Å²) in [7, 11) is 0. The summed E-state index contributed by atoms with van der Waals surface area (Å²) in [6.07, 6.45) is 23.8.